The molecule has 0 bridgehead atoms. The zero-order chi connectivity index (χ0) is 21.8. The Balaban J connectivity index is 0.000000735. The van der Waals surface area contributed by atoms with Crippen molar-refractivity contribution in [2.45, 2.75) is 58.9 Å². The molecular weight excluding hydrogens is 392 g/mol. The molecule has 0 aliphatic carbocycles. The highest BCUT2D eigenvalue weighted by Gasteiger charge is 2.07. The van der Waals surface area contributed by atoms with Crippen molar-refractivity contribution in [2.75, 3.05) is 19.8 Å². The minimum atomic E-state index is 0.756. The van der Waals surface area contributed by atoms with Gasteiger partial charge in [0.1, 0.15) is 5.82 Å². The van der Waals surface area contributed by atoms with E-state index in [-0.39, 0.29) is 0 Å². The maximum atomic E-state index is 5.55. The summed E-state index contributed by atoms with van der Waals surface area (Å²) in [6.45, 7) is 14.0. The van der Waals surface area contributed by atoms with Gasteiger partial charge in [0.2, 0.25) is 0 Å². The zero-order valence-corrected chi connectivity index (χ0v) is 19.8. The fraction of sp³-hybridized carbons (Fsp3) is 0.500. The number of imidazole rings is 1. The number of hydrogen-bond acceptors (Lipinski definition) is 5. The van der Waals surface area contributed by atoms with Crippen molar-refractivity contribution in [3.05, 3.63) is 54.1 Å². The standard InChI is InChI=1S/C20H26N4OS.C4H10/c1-3-4-12-25-13-11-22-26-18-7-5-17(6-8-18)15-24-16(2)23-19-9-10-21-14-20(19)24;1-4(2)3/h5-10,14,22H,3-4,11-13,15H2,1-2H3;4H,1-3H3. The summed E-state index contributed by atoms with van der Waals surface area (Å²) in [6, 6.07) is 10.6. The highest BCUT2D eigenvalue weighted by Crippen LogP contribution is 2.19. The summed E-state index contributed by atoms with van der Waals surface area (Å²) in [7, 11) is 0. The Labute approximate surface area is 185 Å². The van der Waals surface area contributed by atoms with Crippen molar-refractivity contribution in [1.29, 1.82) is 0 Å². The molecule has 0 fully saturated rings. The summed E-state index contributed by atoms with van der Waals surface area (Å²) >= 11 is 1.65. The summed E-state index contributed by atoms with van der Waals surface area (Å²) in [6.07, 6.45) is 5.98. The van der Waals surface area contributed by atoms with E-state index in [1.54, 1.807) is 18.1 Å². The molecule has 0 aliphatic rings. The highest BCUT2D eigenvalue weighted by molar-refractivity contribution is 7.97. The normalized spacial score (nSPS) is 11.0. The Morgan fingerprint density at radius 2 is 1.83 bits per heavy atom. The molecule has 0 spiro atoms. The molecule has 0 radical (unpaired) electrons. The van der Waals surface area contributed by atoms with Gasteiger partial charge in [-0.3, -0.25) is 9.71 Å². The second-order valence-electron chi connectivity index (χ2n) is 7.95. The Morgan fingerprint density at radius 1 is 1.10 bits per heavy atom. The molecule has 0 unspecified atom stereocenters. The van der Waals surface area contributed by atoms with Crippen LogP contribution in [0.25, 0.3) is 11.0 Å². The molecule has 6 heteroatoms. The SMILES string of the molecule is CC(C)C.CCCCOCCNSc1ccc(Cn2c(C)nc3ccncc32)cc1. The van der Waals surface area contributed by atoms with Crippen LogP contribution in [0, 0.1) is 12.8 Å². The lowest BCUT2D eigenvalue weighted by atomic mass is 10.2. The minimum Gasteiger partial charge on any atom is -0.380 e. The number of aryl methyl sites for hydroxylation is 1. The molecule has 0 atom stereocenters. The molecule has 30 heavy (non-hydrogen) atoms. The lowest BCUT2D eigenvalue weighted by molar-refractivity contribution is 0.137. The molecule has 3 aromatic rings. The molecule has 0 aliphatic heterocycles. The highest BCUT2D eigenvalue weighted by atomic mass is 32.2. The summed E-state index contributed by atoms with van der Waals surface area (Å²) in [5.41, 5.74) is 3.33. The van der Waals surface area contributed by atoms with E-state index in [0.29, 0.717) is 0 Å². The third kappa shape index (κ3) is 8.46. The number of benzene rings is 1. The molecule has 0 saturated carbocycles. The van der Waals surface area contributed by atoms with Crippen LogP contribution in [0.5, 0.6) is 0 Å². The molecule has 5 nitrogen and oxygen atoms in total. The van der Waals surface area contributed by atoms with Gasteiger partial charge in [-0.05, 0) is 55.0 Å². The Bertz CT molecular complexity index is 859. The predicted octanol–water partition coefficient (Wildman–Crippen LogP) is 5.86. The molecule has 0 saturated heterocycles. The number of unbranched alkanes of at least 4 members (excludes halogenated alkanes) is 1. The van der Waals surface area contributed by atoms with E-state index in [9.17, 15) is 0 Å². The number of hydrogen-bond donors (Lipinski definition) is 1. The number of ether oxygens (including phenoxy) is 1. The third-order valence-electron chi connectivity index (χ3n) is 4.19. The van der Waals surface area contributed by atoms with E-state index >= 15 is 0 Å². The van der Waals surface area contributed by atoms with Gasteiger partial charge in [0.05, 0.1) is 23.8 Å². The topological polar surface area (TPSA) is 52.0 Å². The van der Waals surface area contributed by atoms with Crippen molar-refractivity contribution in [3.63, 3.8) is 0 Å². The zero-order valence-electron chi connectivity index (χ0n) is 19.0. The van der Waals surface area contributed by atoms with Crippen LogP contribution in [-0.2, 0) is 11.3 Å². The van der Waals surface area contributed by atoms with Crippen molar-refractivity contribution in [1.82, 2.24) is 19.3 Å². The van der Waals surface area contributed by atoms with Crippen LogP contribution in [0.1, 0.15) is 51.9 Å². The minimum absolute atomic E-state index is 0.756. The fourth-order valence-electron chi connectivity index (χ4n) is 2.73. The van der Waals surface area contributed by atoms with E-state index < -0.39 is 0 Å². The van der Waals surface area contributed by atoms with Crippen molar-refractivity contribution in [2.24, 2.45) is 5.92 Å². The van der Waals surface area contributed by atoms with Crippen LogP contribution >= 0.6 is 11.9 Å². The Hall–Kier alpha value is -1.89. The predicted molar refractivity (Wildman–Crippen MR) is 128 cm³/mol. The van der Waals surface area contributed by atoms with Crippen LogP contribution in [0.4, 0.5) is 0 Å². The van der Waals surface area contributed by atoms with Gasteiger partial charge in [0, 0.05) is 30.8 Å². The second kappa shape index (κ2) is 13.4. The van der Waals surface area contributed by atoms with E-state index in [4.69, 9.17) is 4.74 Å². The Kier molecular flexibility index (Phi) is 10.9. The number of nitrogens with zero attached hydrogens (tertiary/aromatic N) is 3. The maximum Gasteiger partial charge on any atom is 0.107 e. The van der Waals surface area contributed by atoms with Crippen LogP contribution in [0.2, 0.25) is 0 Å². The molecule has 2 aromatic heterocycles. The van der Waals surface area contributed by atoms with Gasteiger partial charge in [-0.2, -0.15) is 0 Å². The molecule has 1 N–H and O–H groups in total. The van der Waals surface area contributed by atoms with Crippen molar-refractivity contribution in [3.8, 4) is 0 Å². The number of nitrogens with one attached hydrogen (secondary N) is 1. The van der Waals surface area contributed by atoms with Gasteiger partial charge in [-0.15, -0.1) is 0 Å². The molecule has 3 rings (SSSR count). The lowest BCUT2D eigenvalue weighted by Gasteiger charge is -2.09. The quantitative estimate of drug-likeness (QED) is 0.324. The molecule has 164 valence electrons. The average Bonchev–Trinajstić information content (AvgIpc) is 3.03. The van der Waals surface area contributed by atoms with Gasteiger partial charge >= 0.3 is 0 Å². The van der Waals surface area contributed by atoms with E-state index in [2.05, 4.69) is 71.2 Å². The first-order chi connectivity index (χ1) is 14.5. The van der Waals surface area contributed by atoms with Crippen molar-refractivity contribution < 1.29 is 4.74 Å². The van der Waals surface area contributed by atoms with Crippen LogP contribution in [0.3, 0.4) is 0 Å². The maximum absolute atomic E-state index is 5.55. The third-order valence-corrected chi connectivity index (χ3v) is 5.04. The van der Waals surface area contributed by atoms with Gasteiger partial charge in [-0.25, -0.2) is 4.98 Å². The monoisotopic (exact) mass is 428 g/mol. The lowest BCUT2D eigenvalue weighted by Crippen LogP contribution is -2.12. The van der Waals surface area contributed by atoms with E-state index in [1.807, 2.05) is 19.2 Å². The van der Waals surface area contributed by atoms with E-state index in [0.717, 1.165) is 55.5 Å². The first kappa shape index (κ1) is 24.4. The van der Waals surface area contributed by atoms with Gasteiger partial charge in [-0.1, -0.05) is 46.2 Å². The number of fused-ring (bicyclic) bond motifs is 1. The number of aromatic nitrogens is 3. The van der Waals surface area contributed by atoms with Gasteiger partial charge < -0.3 is 9.30 Å². The molecule has 0 amide bonds. The largest absolute Gasteiger partial charge is 0.380 e. The molecule has 2 heterocycles. The summed E-state index contributed by atoms with van der Waals surface area (Å²) < 4.78 is 11.1. The first-order valence-corrected chi connectivity index (χ1v) is 11.7. The van der Waals surface area contributed by atoms with Crippen LogP contribution < -0.4 is 4.72 Å². The van der Waals surface area contributed by atoms with Crippen molar-refractivity contribution >= 4 is 23.0 Å². The van der Waals surface area contributed by atoms with Crippen LogP contribution in [0.15, 0.2) is 47.6 Å². The second-order valence-corrected chi connectivity index (χ2v) is 8.91. The first-order valence-electron chi connectivity index (χ1n) is 10.8. The average molecular weight is 429 g/mol. The molecular formula is C24H36N4OS. The number of rotatable bonds is 10. The molecule has 1 aromatic carbocycles. The summed E-state index contributed by atoms with van der Waals surface area (Å²) in [5.74, 6) is 1.84. The van der Waals surface area contributed by atoms with E-state index in [1.165, 1.54) is 16.9 Å². The number of pyridine rings is 1. The van der Waals surface area contributed by atoms with Crippen LogP contribution in [-0.4, -0.2) is 34.3 Å². The van der Waals surface area contributed by atoms with Gasteiger partial charge in [0.15, 0.2) is 0 Å². The van der Waals surface area contributed by atoms with Gasteiger partial charge in [0.25, 0.3) is 0 Å². The fourth-order valence-corrected chi connectivity index (χ4v) is 3.36. The summed E-state index contributed by atoms with van der Waals surface area (Å²) in [5, 5.41) is 0. The Morgan fingerprint density at radius 3 is 2.53 bits per heavy atom. The summed E-state index contributed by atoms with van der Waals surface area (Å²) in [4.78, 5) is 10.0. The smallest absolute Gasteiger partial charge is 0.107 e.